The van der Waals surface area contributed by atoms with Crippen LogP contribution in [0.4, 0.5) is 5.69 Å². The fraction of sp³-hybridized carbons (Fsp3) is 0.222. The Morgan fingerprint density at radius 2 is 2.12 bits per heavy atom. The van der Waals surface area contributed by atoms with Crippen molar-refractivity contribution in [3.8, 4) is 0 Å². The van der Waals surface area contributed by atoms with Crippen LogP contribution >= 0.6 is 0 Å². The summed E-state index contributed by atoms with van der Waals surface area (Å²) in [4.78, 5) is 5.48. The van der Waals surface area contributed by atoms with Gasteiger partial charge in [-0.05, 0) is 12.1 Å². The number of likely N-dealkylation sites (N-methyl/N-ethyl adjacent to an activating group) is 1. The van der Waals surface area contributed by atoms with Crippen molar-refractivity contribution in [1.82, 2.24) is 4.98 Å². The number of nitrogens with zero attached hydrogens (tertiary/aromatic N) is 4. The number of anilines is 1. The lowest BCUT2D eigenvalue weighted by molar-refractivity contribution is 0.412. The highest BCUT2D eigenvalue weighted by atomic mass is 32.2. The summed E-state index contributed by atoms with van der Waals surface area (Å²) in [5, 5.41) is 0. The minimum Gasteiger partial charge on any atom is -0.478 e. The molecule has 0 atom stereocenters. The van der Waals surface area contributed by atoms with E-state index >= 15 is 0 Å². The zero-order valence-corrected chi connectivity index (χ0v) is 10.0. The van der Waals surface area contributed by atoms with Crippen LogP contribution in [0.25, 0.3) is 0 Å². The standard InChI is InChI=1S/C9H10N4O3S/c1-13(7-4-3-5-10-6-7)8-9(16-2)12-17(14,15)11-8/h3-6H,1-2H3. The lowest BCUT2D eigenvalue weighted by Gasteiger charge is -2.17. The minimum absolute atomic E-state index is 0.0312. The molecule has 0 spiro atoms. The molecule has 0 unspecified atom stereocenters. The second kappa shape index (κ2) is 4.13. The van der Waals surface area contributed by atoms with Crippen LogP contribution in [-0.4, -0.2) is 39.3 Å². The van der Waals surface area contributed by atoms with E-state index in [1.165, 1.54) is 7.11 Å². The van der Waals surface area contributed by atoms with E-state index in [0.717, 1.165) is 0 Å². The number of ether oxygens (including phenoxy) is 1. The molecule has 1 aliphatic rings. The molecule has 0 bridgehead atoms. The van der Waals surface area contributed by atoms with Crippen LogP contribution in [0.15, 0.2) is 33.3 Å². The van der Waals surface area contributed by atoms with E-state index in [4.69, 9.17) is 4.74 Å². The maximum Gasteiger partial charge on any atom is 0.368 e. The van der Waals surface area contributed by atoms with Gasteiger partial charge in [0.2, 0.25) is 5.84 Å². The third kappa shape index (κ3) is 2.26. The van der Waals surface area contributed by atoms with E-state index < -0.39 is 10.2 Å². The van der Waals surface area contributed by atoms with Crippen LogP contribution in [0, 0.1) is 0 Å². The summed E-state index contributed by atoms with van der Waals surface area (Å²) in [6.07, 6.45) is 3.20. The smallest absolute Gasteiger partial charge is 0.368 e. The topological polar surface area (TPSA) is 84.2 Å². The molecular formula is C9H10N4O3S. The van der Waals surface area contributed by atoms with Gasteiger partial charge in [0.25, 0.3) is 5.90 Å². The van der Waals surface area contributed by atoms with Gasteiger partial charge in [0.1, 0.15) is 0 Å². The average Bonchev–Trinajstić information content (AvgIpc) is 2.65. The molecule has 1 aromatic heterocycles. The molecule has 1 aliphatic heterocycles. The SMILES string of the molecule is COC1=NS(=O)(=O)N=C1N(C)c1cccnc1. The Labute approximate surface area is 98.7 Å². The van der Waals surface area contributed by atoms with E-state index in [2.05, 4.69) is 13.8 Å². The van der Waals surface area contributed by atoms with Crippen molar-refractivity contribution in [2.24, 2.45) is 8.80 Å². The van der Waals surface area contributed by atoms with Crippen molar-refractivity contribution in [2.45, 2.75) is 0 Å². The van der Waals surface area contributed by atoms with Gasteiger partial charge < -0.3 is 9.64 Å². The van der Waals surface area contributed by atoms with Crippen LogP contribution in [0.2, 0.25) is 0 Å². The molecule has 8 heteroatoms. The van der Waals surface area contributed by atoms with Gasteiger partial charge in [0.05, 0.1) is 19.0 Å². The normalized spacial score (nSPS) is 17.3. The van der Waals surface area contributed by atoms with Gasteiger partial charge >= 0.3 is 10.2 Å². The molecule has 0 fully saturated rings. The van der Waals surface area contributed by atoms with Gasteiger partial charge in [-0.2, -0.15) is 8.42 Å². The highest BCUT2D eigenvalue weighted by Crippen LogP contribution is 2.16. The first-order chi connectivity index (χ1) is 8.03. The van der Waals surface area contributed by atoms with Crippen LogP contribution in [-0.2, 0) is 14.9 Å². The van der Waals surface area contributed by atoms with Gasteiger partial charge in [0.15, 0.2) is 0 Å². The van der Waals surface area contributed by atoms with Crippen LogP contribution in [0.3, 0.4) is 0 Å². The monoisotopic (exact) mass is 254 g/mol. The molecule has 0 radical (unpaired) electrons. The number of hydrogen-bond acceptors (Lipinski definition) is 5. The first-order valence-corrected chi connectivity index (χ1v) is 6.06. The van der Waals surface area contributed by atoms with Crippen molar-refractivity contribution < 1.29 is 13.2 Å². The molecule has 1 aromatic rings. The lowest BCUT2D eigenvalue weighted by atomic mass is 10.3. The Balaban J connectivity index is 2.40. The highest BCUT2D eigenvalue weighted by molar-refractivity contribution is 7.89. The third-order valence-electron chi connectivity index (χ3n) is 2.14. The lowest BCUT2D eigenvalue weighted by Crippen LogP contribution is -2.32. The molecule has 0 saturated carbocycles. The quantitative estimate of drug-likeness (QED) is 0.715. The van der Waals surface area contributed by atoms with Gasteiger partial charge in [-0.1, -0.05) is 0 Å². The third-order valence-corrected chi connectivity index (χ3v) is 2.94. The second-order valence-electron chi connectivity index (χ2n) is 3.23. The largest absolute Gasteiger partial charge is 0.478 e. The van der Waals surface area contributed by atoms with E-state index in [1.807, 2.05) is 0 Å². The Morgan fingerprint density at radius 1 is 1.35 bits per heavy atom. The molecule has 0 aromatic carbocycles. The first-order valence-electron chi connectivity index (χ1n) is 4.66. The molecule has 7 nitrogen and oxygen atoms in total. The fourth-order valence-corrected chi connectivity index (χ4v) is 2.15. The predicted molar refractivity (Wildman–Crippen MR) is 63.4 cm³/mol. The summed E-state index contributed by atoms with van der Waals surface area (Å²) in [6, 6.07) is 3.51. The average molecular weight is 254 g/mol. The molecule has 0 amide bonds. The number of pyridine rings is 1. The summed E-state index contributed by atoms with van der Waals surface area (Å²) < 4.78 is 34.3. The highest BCUT2D eigenvalue weighted by Gasteiger charge is 2.28. The molecule has 0 N–H and O–H groups in total. The van der Waals surface area contributed by atoms with Crippen molar-refractivity contribution in [3.63, 3.8) is 0 Å². The second-order valence-corrected chi connectivity index (χ2v) is 4.49. The molecule has 0 saturated heterocycles. The van der Waals surface area contributed by atoms with Crippen molar-refractivity contribution in [1.29, 1.82) is 0 Å². The number of methoxy groups -OCH3 is 1. The Hall–Kier alpha value is -1.96. The Kier molecular flexibility index (Phi) is 2.80. The Morgan fingerprint density at radius 3 is 2.71 bits per heavy atom. The number of amidine groups is 1. The Bertz CT molecular complexity index is 580. The minimum atomic E-state index is -3.82. The van der Waals surface area contributed by atoms with Crippen molar-refractivity contribution in [3.05, 3.63) is 24.5 Å². The van der Waals surface area contributed by atoms with Crippen LogP contribution < -0.4 is 4.90 Å². The summed E-state index contributed by atoms with van der Waals surface area (Å²) in [6.45, 7) is 0. The molecule has 2 rings (SSSR count). The van der Waals surface area contributed by atoms with Gasteiger partial charge in [0, 0.05) is 13.2 Å². The zero-order valence-electron chi connectivity index (χ0n) is 9.23. The number of rotatable bonds is 1. The summed E-state index contributed by atoms with van der Waals surface area (Å²) >= 11 is 0. The maximum atomic E-state index is 11.2. The van der Waals surface area contributed by atoms with Crippen molar-refractivity contribution >= 4 is 27.6 Å². The van der Waals surface area contributed by atoms with E-state index in [-0.39, 0.29) is 11.7 Å². The summed E-state index contributed by atoms with van der Waals surface area (Å²) in [7, 11) is -0.823. The molecule has 0 aliphatic carbocycles. The van der Waals surface area contributed by atoms with Crippen molar-refractivity contribution in [2.75, 3.05) is 19.1 Å². The zero-order chi connectivity index (χ0) is 12.5. The molecule has 17 heavy (non-hydrogen) atoms. The van der Waals surface area contributed by atoms with E-state index in [9.17, 15) is 8.42 Å². The number of aromatic nitrogens is 1. The maximum absolute atomic E-state index is 11.2. The van der Waals surface area contributed by atoms with E-state index in [0.29, 0.717) is 5.69 Å². The summed E-state index contributed by atoms with van der Waals surface area (Å²) in [5.41, 5.74) is 0.688. The van der Waals surface area contributed by atoms with Gasteiger partial charge in [-0.25, -0.2) is 0 Å². The number of hydrogen-bond donors (Lipinski definition) is 0. The predicted octanol–water partition coefficient (Wildman–Crippen LogP) is 0.220. The summed E-state index contributed by atoms with van der Waals surface area (Å²) in [5.74, 6) is 0.108. The van der Waals surface area contributed by atoms with Crippen LogP contribution in [0.5, 0.6) is 0 Å². The van der Waals surface area contributed by atoms with E-state index in [1.54, 1.807) is 36.5 Å². The molecule has 2 heterocycles. The fourth-order valence-electron chi connectivity index (χ4n) is 1.32. The van der Waals surface area contributed by atoms with Crippen LogP contribution in [0.1, 0.15) is 0 Å². The van der Waals surface area contributed by atoms with Gasteiger partial charge in [-0.3, -0.25) is 4.98 Å². The molecule has 90 valence electrons. The first kappa shape index (κ1) is 11.5. The van der Waals surface area contributed by atoms with Gasteiger partial charge in [-0.15, -0.1) is 8.80 Å². The molecular weight excluding hydrogens is 244 g/mol.